The Hall–Kier alpha value is -2.47. The molecule has 38 heavy (non-hydrogen) atoms. The van der Waals surface area contributed by atoms with Gasteiger partial charge in [-0.25, -0.2) is 16.8 Å². The smallest absolute Gasteiger partial charge is 0.421 e. The predicted octanol–water partition coefficient (Wildman–Crippen LogP) is 5.85. The first-order valence-electron chi connectivity index (χ1n) is 11.0. The fourth-order valence-electron chi connectivity index (χ4n) is 3.10. The van der Waals surface area contributed by atoms with E-state index >= 15 is 0 Å². The Balaban J connectivity index is 0.000000296. The van der Waals surface area contributed by atoms with Crippen molar-refractivity contribution >= 4 is 43.9 Å². The third-order valence-electron chi connectivity index (χ3n) is 4.84. The molecule has 0 aliphatic heterocycles. The van der Waals surface area contributed by atoms with Gasteiger partial charge in [0.05, 0.1) is 0 Å². The number of unbranched alkanes of at least 4 members (excludes halogenated alkanes) is 1. The molecular weight excluding hydrogens is 575 g/mol. The number of hydrogen-bond donors (Lipinski definition) is 0. The molecule has 208 valence electrons. The van der Waals surface area contributed by atoms with E-state index in [2.05, 4.69) is 91.9 Å². The molecule has 0 saturated heterocycles. The molecule has 0 aromatic heterocycles. The van der Waals surface area contributed by atoms with Gasteiger partial charge in [0.1, 0.15) is 0 Å². The second kappa shape index (κ2) is 13.1. The number of hydrogen-bond acceptors (Lipinski definition) is 4. The lowest BCUT2D eigenvalue weighted by molar-refractivity contribution is -0.0444. The van der Waals surface area contributed by atoms with Crippen LogP contribution >= 0.6 is 7.92 Å². The number of benzene rings is 3. The molecular formula is C24H23F6NO4PS2-. The molecule has 0 heterocycles. The van der Waals surface area contributed by atoms with Crippen molar-refractivity contribution in [2.24, 2.45) is 0 Å². The molecule has 0 N–H and O–H groups in total. The summed E-state index contributed by atoms with van der Waals surface area (Å²) in [6.45, 7) is 2.26. The molecule has 0 aliphatic carbocycles. The molecule has 3 aromatic rings. The molecule has 14 heteroatoms. The third kappa shape index (κ3) is 8.52. The molecule has 0 unspecified atom stereocenters. The van der Waals surface area contributed by atoms with E-state index in [4.69, 9.17) is 0 Å². The molecule has 3 aromatic carbocycles. The molecule has 0 spiro atoms. The number of alkyl halides is 6. The first-order chi connectivity index (χ1) is 17.6. The lowest BCUT2D eigenvalue weighted by Crippen LogP contribution is -2.30. The Morgan fingerprint density at radius 3 is 1.45 bits per heavy atom. The zero-order valence-corrected chi connectivity index (χ0v) is 22.3. The molecule has 0 bridgehead atoms. The summed E-state index contributed by atoms with van der Waals surface area (Å²) < 4.78 is 109. The van der Waals surface area contributed by atoms with Crippen LogP contribution in [0.25, 0.3) is 4.13 Å². The van der Waals surface area contributed by atoms with Crippen LogP contribution in [0.4, 0.5) is 26.3 Å². The lowest BCUT2D eigenvalue weighted by atomic mass is 10.1. The van der Waals surface area contributed by atoms with Gasteiger partial charge in [-0.3, -0.25) is 0 Å². The summed E-state index contributed by atoms with van der Waals surface area (Å²) in [4.78, 5) is 0. The molecule has 3 rings (SSSR count). The Labute approximate surface area is 218 Å². The molecule has 0 aliphatic rings. The zero-order chi connectivity index (χ0) is 28.6. The number of rotatable bonds is 8. The fourth-order valence-corrected chi connectivity index (χ4v) is 7.32. The van der Waals surface area contributed by atoms with E-state index in [1.165, 1.54) is 40.7 Å². The van der Waals surface area contributed by atoms with Crippen LogP contribution in [0, 0.1) is 0 Å². The van der Waals surface area contributed by atoms with Crippen LogP contribution in [0.5, 0.6) is 0 Å². The number of sulfonamides is 2. The molecule has 0 radical (unpaired) electrons. The minimum absolute atomic E-state index is 0.483. The number of aryl methyl sites for hydroxylation is 1. The van der Waals surface area contributed by atoms with Crippen LogP contribution in [-0.4, -0.2) is 27.9 Å². The van der Waals surface area contributed by atoms with Crippen molar-refractivity contribution < 1.29 is 43.2 Å². The summed E-state index contributed by atoms with van der Waals surface area (Å²) in [5.74, 6) is 0. The van der Waals surface area contributed by atoms with E-state index in [0.29, 0.717) is 0 Å². The SMILES string of the molecule is CCCCc1ccccc1P(c1ccccc1)c1ccccc1.O=S(=O)([N-]S(=O)(=O)C(F)(F)F)C(F)(F)F. The van der Waals surface area contributed by atoms with Crippen molar-refractivity contribution in [1.29, 1.82) is 0 Å². The normalized spacial score (nSPS) is 12.6. The first kappa shape index (κ1) is 31.7. The predicted molar refractivity (Wildman–Crippen MR) is 137 cm³/mol. The minimum atomic E-state index is -6.72. The Morgan fingerprint density at radius 1 is 0.658 bits per heavy atom. The lowest BCUT2D eigenvalue weighted by Gasteiger charge is -2.22. The van der Waals surface area contributed by atoms with Gasteiger partial charge in [-0.05, 0) is 42.2 Å². The van der Waals surface area contributed by atoms with E-state index < -0.39 is 39.0 Å². The summed E-state index contributed by atoms with van der Waals surface area (Å²) in [5, 5.41) is 4.36. The summed E-state index contributed by atoms with van der Waals surface area (Å²) in [5.41, 5.74) is -10.9. The van der Waals surface area contributed by atoms with Crippen LogP contribution in [-0.2, 0) is 26.5 Å². The summed E-state index contributed by atoms with van der Waals surface area (Å²) >= 11 is 0. The second-order valence-electron chi connectivity index (χ2n) is 7.65. The van der Waals surface area contributed by atoms with Crippen LogP contribution in [0.2, 0.25) is 0 Å². The quantitative estimate of drug-likeness (QED) is 0.241. The van der Waals surface area contributed by atoms with Crippen molar-refractivity contribution in [3.8, 4) is 0 Å². The van der Waals surface area contributed by atoms with Gasteiger partial charge in [0.25, 0.3) is 0 Å². The topological polar surface area (TPSA) is 82.4 Å². The van der Waals surface area contributed by atoms with E-state index in [1.807, 2.05) is 0 Å². The van der Waals surface area contributed by atoms with E-state index in [1.54, 1.807) is 0 Å². The molecule has 0 fully saturated rings. The zero-order valence-electron chi connectivity index (χ0n) is 19.8. The maximum atomic E-state index is 11.4. The highest BCUT2D eigenvalue weighted by atomic mass is 32.3. The van der Waals surface area contributed by atoms with Crippen LogP contribution < -0.4 is 15.9 Å². The largest absolute Gasteiger partial charge is 0.480 e. The maximum Gasteiger partial charge on any atom is 0.480 e. The van der Waals surface area contributed by atoms with Crippen LogP contribution in [0.1, 0.15) is 25.3 Å². The highest BCUT2D eigenvalue weighted by Crippen LogP contribution is 2.36. The molecule has 0 saturated carbocycles. The van der Waals surface area contributed by atoms with Crippen molar-refractivity contribution in [3.63, 3.8) is 0 Å². The van der Waals surface area contributed by atoms with E-state index in [0.717, 1.165) is 4.13 Å². The van der Waals surface area contributed by atoms with Crippen molar-refractivity contribution in [2.75, 3.05) is 0 Å². The fraction of sp³-hybridized carbons (Fsp3) is 0.250. The highest BCUT2D eigenvalue weighted by molar-refractivity contribution is 8.13. The summed E-state index contributed by atoms with van der Waals surface area (Å²) in [7, 11) is -13.9. The average molecular weight is 599 g/mol. The molecule has 0 amide bonds. The monoisotopic (exact) mass is 598 g/mol. The van der Waals surface area contributed by atoms with Gasteiger partial charge in [0.2, 0.25) is 0 Å². The second-order valence-corrected chi connectivity index (χ2v) is 13.3. The Kier molecular flexibility index (Phi) is 10.9. The van der Waals surface area contributed by atoms with Crippen molar-refractivity contribution in [3.05, 3.63) is 94.6 Å². The Bertz CT molecular complexity index is 1300. The third-order valence-corrected chi connectivity index (χ3v) is 10.1. The average Bonchev–Trinajstić information content (AvgIpc) is 2.83. The first-order valence-corrected chi connectivity index (χ1v) is 15.2. The number of nitrogens with zero attached hydrogens (tertiary/aromatic N) is 1. The van der Waals surface area contributed by atoms with E-state index in [9.17, 15) is 43.2 Å². The van der Waals surface area contributed by atoms with Gasteiger partial charge >= 0.3 is 11.0 Å². The van der Waals surface area contributed by atoms with Gasteiger partial charge in [-0.1, -0.05) is 98.3 Å². The van der Waals surface area contributed by atoms with Gasteiger partial charge in [0.15, 0.2) is 20.0 Å². The number of halogens is 6. The van der Waals surface area contributed by atoms with Crippen LogP contribution in [0.15, 0.2) is 84.9 Å². The van der Waals surface area contributed by atoms with Gasteiger partial charge in [-0.2, -0.15) is 26.3 Å². The molecule has 0 atom stereocenters. The Morgan fingerprint density at radius 2 is 1.05 bits per heavy atom. The minimum Gasteiger partial charge on any atom is -0.421 e. The van der Waals surface area contributed by atoms with Gasteiger partial charge in [0, 0.05) is 0 Å². The summed E-state index contributed by atoms with van der Waals surface area (Å²) in [6.07, 6.45) is 3.66. The maximum absolute atomic E-state index is 11.4. The van der Waals surface area contributed by atoms with Gasteiger partial charge < -0.3 is 4.13 Å². The van der Waals surface area contributed by atoms with Crippen molar-refractivity contribution in [1.82, 2.24) is 0 Å². The summed E-state index contributed by atoms with van der Waals surface area (Å²) in [6, 6.07) is 30.9. The van der Waals surface area contributed by atoms with Crippen LogP contribution in [0.3, 0.4) is 0 Å². The molecule has 5 nitrogen and oxygen atoms in total. The van der Waals surface area contributed by atoms with E-state index in [-0.39, 0.29) is 0 Å². The highest BCUT2D eigenvalue weighted by Gasteiger charge is 2.46. The van der Waals surface area contributed by atoms with Crippen molar-refractivity contribution in [2.45, 2.75) is 37.2 Å². The van der Waals surface area contributed by atoms with Gasteiger partial charge in [-0.15, -0.1) is 0 Å². The standard InChI is InChI=1S/C22H23P.C2F6NO4S2/c1-2-3-12-19-13-10-11-18-22(19)23(20-14-6-4-7-15-20)21-16-8-5-9-17-21;3-1(4,5)14(10,11)9-15(12,13)2(6,7)8/h4-11,13-18H,2-3,12H2,1H3;/q;-1.